The maximum Gasteiger partial charge on any atom is 0.408 e. The highest BCUT2D eigenvalue weighted by atomic mass is 32.1. The molecule has 2 N–H and O–H groups in total. The van der Waals surface area contributed by atoms with Crippen LogP contribution >= 0.6 is 12.8 Å². The van der Waals surface area contributed by atoms with E-state index in [1.165, 1.54) is 6.92 Å². The molecule has 0 rings (SSSR count). The zero-order chi connectivity index (χ0) is 11.4. The molecule has 1 unspecified atom stereocenters. The molecule has 0 spiro atoms. The monoisotopic (exact) mass is 220 g/mol. The number of hydrogen-bond acceptors (Lipinski definition) is 4. The third kappa shape index (κ3) is 5.69. The van der Waals surface area contributed by atoms with Crippen molar-refractivity contribution in [2.45, 2.75) is 39.3 Å². The fourth-order valence-corrected chi connectivity index (χ4v) is 0.840. The van der Waals surface area contributed by atoms with E-state index in [4.69, 9.17) is 4.74 Å². The van der Waals surface area contributed by atoms with E-state index in [0.29, 0.717) is 0 Å². The summed E-state index contributed by atoms with van der Waals surface area (Å²) in [5.74, 6) is -0.390. The first kappa shape index (κ1) is 13.1. The minimum Gasteiger partial charge on any atom is -0.444 e. The molecule has 0 aromatic heterocycles. The first-order valence-electron chi connectivity index (χ1n) is 4.19. The molecule has 1 atom stereocenters. The molecule has 0 fully saturated rings. The SMILES string of the molecule is CC(NC(=O)OC(C)(C)C)C(=O)NS. The van der Waals surface area contributed by atoms with Crippen molar-refractivity contribution in [1.82, 2.24) is 10.0 Å². The van der Waals surface area contributed by atoms with Crippen LogP contribution < -0.4 is 10.0 Å². The Bertz CT molecular complexity index is 225. The van der Waals surface area contributed by atoms with Gasteiger partial charge in [-0.1, -0.05) is 12.8 Å². The van der Waals surface area contributed by atoms with E-state index >= 15 is 0 Å². The van der Waals surface area contributed by atoms with Crippen LogP contribution in [0.5, 0.6) is 0 Å². The summed E-state index contributed by atoms with van der Waals surface area (Å²) in [6.45, 7) is 6.78. The highest BCUT2D eigenvalue weighted by Gasteiger charge is 2.20. The summed E-state index contributed by atoms with van der Waals surface area (Å²) >= 11 is 3.57. The Morgan fingerprint density at radius 1 is 1.36 bits per heavy atom. The molecule has 14 heavy (non-hydrogen) atoms. The highest BCUT2D eigenvalue weighted by Crippen LogP contribution is 2.06. The Balaban J connectivity index is 4.01. The Morgan fingerprint density at radius 2 is 1.86 bits per heavy atom. The van der Waals surface area contributed by atoms with Gasteiger partial charge in [0.2, 0.25) is 0 Å². The van der Waals surface area contributed by atoms with Crippen LogP contribution in [-0.2, 0) is 9.53 Å². The molecular weight excluding hydrogens is 204 g/mol. The van der Waals surface area contributed by atoms with Crippen LogP contribution in [0.2, 0.25) is 0 Å². The van der Waals surface area contributed by atoms with Crippen LogP contribution in [-0.4, -0.2) is 23.6 Å². The van der Waals surface area contributed by atoms with Crippen LogP contribution in [0, 0.1) is 0 Å². The van der Waals surface area contributed by atoms with Crippen LogP contribution in [0.3, 0.4) is 0 Å². The van der Waals surface area contributed by atoms with E-state index in [-0.39, 0.29) is 5.91 Å². The molecule has 0 aliphatic rings. The number of ether oxygens (including phenoxy) is 1. The lowest BCUT2D eigenvalue weighted by molar-refractivity contribution is -0.120. The number of carbonyl (C=O) groups is 2. The molecule has 0 saturated carbocycles. The second-order valence-corrected chi connectivity index (χ2v) is 4.07. The maximum atomic E-state index is 11.2. The molecule has 2 amide bonds. The van der Waals surface area contributed by atoms with Crippen LogP contribution in [0.25, 0.3) is 0 Å². The first-order chi connectivity index (χ1) is 6.26. The Kier molecular flexibility index (Phi) is 4.76. The zero-order valence-corrected chi connectivity index (χ0v) is 9.64. The van der Waals surface area contributed by atoms with Gasteiger partial charge in [-0.25, -0.2) is 4.79 Å². The van der Waals surface area contributed by atoms with Gasteiger partial charge in [0.15, 0.2) is 0 Å². The lowest BCUT2D eigenvalue weighted by Crippen LogP contribution is -2.44. The van der Waals surface area contributed by atoms with Gasteiger partial charge in [-0.15, -0.1) is 0 Å². The summed E-state index contributed by atoms with van der Waals surface area (Å²) in [4.78, 5) is 22.1. The van der Waals surface area contributed by atoms with E-state index in [1.54, 1.807) is 20.8 Å². The second-order valence-electron chi connectivity index (χ2n) is 3.84. The molecule has 82 valence electrons. The van der Waals surface area contributed by atoms with Gasteiger partial charge in [0.1, 0.15) is 11.6 Å². The largest absolute Gasteiger partial charge is 0.444 e. The molecule has 0 radical (unpaired) electrons. The maximum absolute atomic E-state index is 11.2. The minimum atomic E-state index is -0.664. The summed E-state index contributed by atoms with van der Waals surface area (Å²) in [7, 11) is 0. The van der Waals surface area contributed by atoms with Gasteiger partial charge in [-0.3, -0.25) is 4.79 Å². The molecule has 0 aromatic carbocycles. The van der Waals surface area contributed by atoms with Crippen molar-refractivity contribution in [3.8, 4) is 0 Å². The van der Waals surface area contributed by atoms with Crippen molar-refractivity contribution < 1.29 is 14.3 Å². The van der Waals surface area contributed by atoms with E-state index in [2.05, 4.69) is 22.9 Å². The molecular formula is C8H16N2O3S. The smallest absolute Gasteiger partial charge is 0.408 e. The third-order valence-electron chi connectivity index (χ3n) is 1.24. The van der Waals surface area contributed by atoms with Gasteiger partial charge in [-0.05, 0) is 27.7 Å². The van der Waals surface area contributed by atoms with Crippen molar-refractivity contribution in [1.29, 1.82) is 0 Å². The molecule has 5 nitrogen and oxygen atoms in total. The lowest BCUT2D eigenvalue weighted by atomic mass is 10.2. The fraction of sp³-hybridized carbons (Fsp3) is 0.750. The van der Waals surface area contributed by atoms with Crippen molar-refractivity contribution in [2.24, 2.45) is 0 Å². The summed E-state index contributed by atoms with van der Waals surface area (Å²) in [6, 6.07) is -0.664. The van der Waals surface area contributed by atoms with Crippen molar-refractivity contribution in [3.63, 3.8) is 0 Å². The number of alkyl carbamates (subject to hydrolysis) is 1. The lowest BCUT2D eigenvalue weighted by Gasteiger charge is -2.21. The Morgan fingerprint density at radius 3 is 2.21 bits per heavy atom. The predicted octanol–water partition coefficient (Wildman–Crippen LogP) is 0.861. The molecule has 0 aliphatic heterocycles. The van der Waals surface area contributed by atoms with Crippen molar-refractivity contribution >= 4 is 24.8 Å². The molecule has 0 aliphatic carbocycles. The number of nitrogens with one attached hydrogen (secondary N) is 2. The van der Waals surface area contributed by atoms with E-state index in [1.807, 2.05) is 0 Å². The van der Waals surface area contributed by atoms with Gasteiger partial charge in [0.25, 0.3) is 5.91 Å². The molecule has 0 bridgehead atoms. The summed E-state index contributed by atoms with van der Waals surface area (Å²) < 4.78 is 7.07. The first-order valence-corrected chi connectivity index (χ1v) is 4.64. The summed E-state index contributed by atoms with van der Waals surface area (Å²) in [5.41, 5.74) is -0.568. The van der Waals surface area contributed by atoms with E-state index in [9.17, 15) is 9.59 Å². The van der Waals surface area contributed by atoms with E-state index in [0.717, 1.165) is 0 Å². The average molecular weight is 220 g/mol. The van der Waals surface area contributed by atoms with Gasteiger partial charge in [0, 0.05) is 0 Å². The van der Waals surface area contributed by atoms with Crippen LogP contribution in [0.4, 0.5) is 4.79 Å². The third-order valence-corrected chi connectivity index (χ3v) is 1.46. The molecule has 0 aromatic rings. The fourth-order valence-electron chi connectivity index (χ4n) is 0.647. The second kappa shape index (κ2) is 5.09. The molecule has 0 heterocycles. The van der Waals surface area contributed by atoms with Gasteiger partial charge < -0.3 is 14.8 Å². The van der Waals surface area contributed by atoms with Crippen molar-refractivity contribution in [2.75, 3.05) is 0 Å². The quantitative estimate of drug-likeness (QED) is 0.605. The summed E-state index contributed by atoms with van der Waals surface area (Å²) in [5, 5.41) is 2.37. The van der Waals surface area contributed by atoms with Crippen LogP contribution in [0.15, 0.2) is 0 Å². The zero-order valence-electron chi connectivity index (χ0n) is 8.75. The molecule has 0 saturated heterocycles. The van der Waals surface area contributed by atoms with Gasteiger partial charge >= 0.3 is 6.09 Å². The normalized spacial score (nSPS) is 12.9. The predicted molar refractivity (Wildman–Crippen MR) is 56.0 cm³/mol. The Hall–Kier alpha value is -0.910. The number of hydrogen-bond donors (Lipinski definition) is 3. The van der Waals surface area contributed by atoms with E-state index < -0.39 is 17.7 Å². The standard InChI is InChI=1S/C8H16N2O3S/c1-5(6(11)10-14)9-7(12)13-8(2,3)4/h5,14H,1-4H3,(H,9,12)(H,10,11). The Labute approximate surface area is 89.1 Å². The minimum absolute atomic E-state index is 0.390. The van der Waals surface area contributed by atoms with Crippen LogP contribution in [0.1, 0.15) is 27.7 Å². The van der Waals surface area contributed by atoms with Crippen molar-refractivity contribution in [3.05, 3.63) is 0 Å². The highest BCUT2D eigenvalue weighted by molar-refractivity contribution is 7.78. The summed E-state index contributed by atoms with van der Waals surface area (Å²) in [6.07, 6.45) is -0.623. The number of rotatable bonds is 2. The number of thiol groups is 1. The average Bonchev–Trinajstić information content (AvgIpc) is 1.99. The van der Waals surface area contributed by atoms with Gasteiger partial charge in [-0.2, -0.15) is 0 Å². The number of carbonyl (C=O) groups excluding carboxylic acids is 2. The van der Waals surface area contributed by atoms with Gasteiger partial charge in [0.05, 0.1) is 0 Å². The molecule has 6 heteroatoms. The number of amides is 2. The topological polar surface area (TPSA) is 67.4 Å².